The second-order valence-electron chi connectivity index (χ2n) is 6.34. The van der Waals surface area contributed by atoms with Crippen LogP contribution in [0.4, 0.5) is 13.2 Å². The first-order valence-corrected chi connectivity index (χ1v) is 8.48. The third-order valence-electron chi connectivity index (χ3n) is 4.62. The first-order valence-electron chi connectivity index (χ1n) is 8.48. The number of alkyl halides is 3. The lowest BCUT2D eigenvalue weighted by Crippen LogP contribution is -2.17. The number of rotatable bonds is 2. The van der Waals surface area contributed by atoms with Gasteiger partial charge in [0.25, 0.3) is 0 Å². The van der Waals surface area contributed by atoms with Crippen molar-refractivity contribution in [2.45, 2.75) is 6.18 Å². The zero-order chi connectivity index (χ0) is 20.2. The van der Waals surface area contributed by atoms with Crippen LogP contribution in [0.15, 0.2) is 66.1 Å². The quantitative estimate of drug-likeness (QED) is 0.496. The zero-order valence-corrected chi connectivity index (χ0v) is 14.6. The molecule has 0 saturated heterocycles. The van der Waals surface area contributed by atoms with Crippen LogP contribution < -0.4 is 5.69 Å². The normalized spacial score (nSPS) is 12.1. The fraction of sp³-hybridized carbons (Fsp3) is 0.0526. The molecule has 0 radical (unpaired) electrons. The number of benzene rings is 2. The summed E-state index contributed by atoms with van der Waals surface area (Å²) < 4.78 is 43.5. The second-order valence-corrected chi connectivity index (χ2v) is 6.34. The number of hydrogen-bond donors (Lipinski definition) is 1. The molecular formula is C19H11F3N6O. The second kappa shape index (κ2) is 6.03. The Hall–Kier alpha value is -3.95. The van der Waals surface area contributed by atoms with E-state index in [0.29, 0.717) is 21.9 Å². The summed E-state index contributed by atoms with van der Waals surface area (Å²) in [5, 5.41) is 4.43. The van der Waals surface area contributed by atoms with E-state index in [2.05, 4.69) is 20.1 Å². The molecule has 0 aliphatic heterocycles. The highest BCUT2D eigenvalue weighted by Crippen LogP contribution is 2.35. The van der Waals surface area contributed by atoms with Crippen LogP contribution in [0.2, 0.25) is 0 Å². The SMILES string of the molecule is O=c1[nH]c2cnc3ccccc3c2n1-c1ccc(-n2cncn2)c(C(F)(F)F)c1. The van der Waals surface area contributed by atoms with E-state index in [1.54, 1.807) is 24.3 Å². The monoisotopic (exact) mass is 396 g/mol. The fourth-order valence-corrected chi connectivity index (χ4v) is 3.40. The molecule has 2 aromatic carbocycles. The molecule has 5 aromatic rings. The molecule has 0 aliphatic rings. The average molecular weight is 396 g/mol. The Balaban J connectivity index is 1.83. The first kappa shape index (κ1) is 17.2. The maximum atomic E-state index is 13.8. The summed E-state index contributed by atoms with van der Waals surface area (Å²) in [6.45, 7) is 0. The third kappa shape index (κ3) is 2.68. The van der Waals surface area contributed by atoms with Crippen molar-refractivity contribution in [2.75, 3.05) is 0 Å². The van der Waals surface area contributed by atoms with Crippen molar-refractivity contribution in [3.05, 3.63) is 77.4 Å². The Morgan fingerprint density at radius 2 is 1.90 bits per heavy atom. The number of fused-ring (bicyclic) bond motifs is 3. The molecule has 5 rings (SSSR count). The minimum atomic E-state index is -4.66. The maximum Gasteiger partial charge on any atom is 0.418 e. The molecule has 0 bridgehead atoms. The van der Waals surface area contributed by atoms with E-state index in [9.17, 15) is 18.0 Å². The highest BCUT2D eigenvalue weighted by molar-refractivity contribution is 6.02. The predicted molar refractivity (Wildman–Crippen MR) is 99.1 cm³/mol. The van der Waals surface area contributed by atoms with E-state index in [4.69, 9.17) is 0 Å². The van der Waals surface area contributed by atoms with Crippen molar-refractivity contribution in [1.29, 1.82) is 0 Å². The van der Waals surface area contributed by atoms with Crippen molar-refractivity contribution in [1.82, 2.24) is 29.3 Å². The van der Waals surface area contributed by atoms with Gasteiger partial charge in [-0.25, -0.2) is 14.5 Å². The molecule has 0 aliphatic carbocycles. The smallest absolute Gasteiger partial charge is 0.304 e. The van der Waals surface area contributed by atoms with Gasteiger partial charge in [0.15, 0.2) is 0 Å². The van der Waals surface area contributed by atoms with Gasteiger partial charge in [-0.1, -0.05) is 18.2 Å². The molecule has 10 heteroatoms. The molecule has 29 heavy (non-hydrogen) atoms. The fourth-order valence-electron chi connectivity index (χ4n) is 3.40. The zero-order valence-electron chi connectivity index (χ0n) is 14.6. The van der Waals surface area contributed by atoms with Crippen molar-refractivity contribution in [3.8, 4) is 11.4 Å². The molecule has 0 fully saturated rings. The lowest BCUT2D eigenvalue weighted by atomic mass is 10.1. The van der Waals surface area contributed by atoms with Crippen LogP contribution in [0.5, 0.6) is 0 Å². The van der Waals surface area contributed by atoms with Crippen LogP contribution >= 0.6 is 0 Å². The van der Waals surface area contributed by atoms with Gasteiger partial charge >= 0.3 is 11.9 Å². The lowest BCUT2D eigenvalue weighted by Gasteiger charge is -2.15. The molecule has 0 atom stereocenters. The molecule has 144 valence electrons. The number of nitrogens with zero attached hydrogens (tertiary/aromatic N) is 5. The Kier molecular flexibility index (Phi) is 3.57. The number of para-hydroxylation sites is 1. The number of halogens is 3. The number of aromatic nitrogens is 6. The molecule has 3 heterocycles. The van der Waals surface area contributed by atoms with Gasteiger partial charge in [0, 0.05) is 5.39 Å². The highest BCUT2D eigenvalue weighted by Gasteiger charge is 2.35. The van der Waals surface area contributed by atoms with Gasteiger partial charge in [0.05, 0.1) is 39.7 Å². The minimum Gasteiger partial charge on any atom is -0.304 e. The van der Waals surface area contributed by atoms with Crippen molar-refractivity contribution in [3.63, 3.8) is 0 Å². The summed E-state index contributed by atoms with van der Waals surface area (Å²) in [4.78, 5) is 23.3. The molecule has 0 saturated carbocycles. The Bertz CT molecular complexity index is 1420. The largest absolute Gasteiger partial charge is 0.418 e. The van der Waals surface area contributed by atoms with Crippen molar-refractivity contribution < 1.29 is 13.2 Å². The van der Waals surface area contributed by atoms with Gasteiger partial charge in [-0.2, -0.15) is 18.3 Å². The molecule has 0 amide bonds. The number of H-pyrrole nitrogens is 1. The standard InChI is InChI=1S/C19H11F3N6O/c20-19(21,22)13-7-11(5-6-16(13)27-10-23-9-25-27)28-17-12-3-1-2-4-14(12)24-8-15(17)26-18(28)29/h1-10H,(H,26,29). The molecule has 7 nitrogen and oxygen atoms in total. The minimum absolute atomic E-state index is 0.0776. The van der Waals surface area contributed by atoms with Gasteiger partial charge in [0.1, 0.15) is 12.7 Å². The maximum absolute atomic E-state index is 13.8. The summed E-state index contributed by atoms with van der Waals surface area (Å²) in [5.41, 5.74) is -0.0697. The molecule has 0 spiro atoms. The number of imidazole rings is 1. The van der Waals surface area contributed by atoms with E-state index in [1.165, 1.54) is 29.2 Å². The number of pyridine rings is 1. The molecule has 1 N–H and O–H groups in total. The van der Waals surface area contributed by atoms with Crippen LogP contribution in [0.1, 0.15) is 5.56 Å². The van der Waals surface area contributed by atoms with Crippen molar-refractivity contribution >= 4 is 21.9 Å². The summed E-state index contributed by atoms with van der Waals surface area (Å²) >= 11 is 0. The van der Waals surface area contributed by atoms with Gasteiger partial charge in [0.2, 0.25) is 0 Å². The van der Waals surface area contributed by atoms with Gasteiger partial charge < -0.3 is 4.98 Å². The van der Waals surface area contributed by atoms with Gasteiger partial charge in [-0.15, -0.1) is 0 Å². The topological polar surface area (TPSA) is 81.4 Å². The van der Waals surface area contributed by atoms with Crippen molar-refractivity contribution in [2.24, 2.45) is 0 Å². The van der Waals surface area contributed by atoms with Crippen LogP contribution in [-0.4, -0.2) is 29.3 Å². The first-order chi connectivity index (χ1) is 13.9. The average Bonchev–Trinajstić information content (AvgIpc) is 3.34. The van der Waals surface area contributed by atoms with Crippen LogP contribution in [0.25, 0.3) is 33.3 Å². The highest BCUT2D eigenvalue weighted by atomic mass is 19.4. The van der Waals surface area contributed by atoms with Crippen LogP contribution in [0, 0.1) is 0 Å². The summed E-state index contributed by atoms with van der Waals surface area (Å²) in [7, 11) is 0. The van der Waals surface area contributed by atoms with E-state index in [1.807, 2.05) is 0 Å². The lowest BCUT2D eigenvalue weighted by molar-refractivity contribution is -0.137. The Morgan fingerprint density at radius 3 is 2.66 bits per heavy atom. The molecule has 3 aromatic heterocycles. The van der Waals surface area contributed by atoms with Crippen LogP contribution in [-0.2, 0) is 6.18 Å². The summed E-state index contributed by atoms with van der Waals surface area (Å²) in [6.07, 6.45) is -0.834. The Morgan fingerprint density at radius 1 is 1.07 bits per heavy atom. The predicted octanol–water partition coefficient (Wildman–Crippen LogP) is 3.47. The Labute approximate surface area is 160 Å². The van der Waals surface area contributed by atoms with E-state index >= 15 is 0 Å². The van der Waals surface area contributed by atoms with Gasteiger partial charge in [-0.05, 0) is 24.3 Å². The van der Waals surface area contributed by atoms with Gasteiger partial charge in [-0.3, -0.25) is 9.55 Å². The summed E-state index contributed by atoms with van der Waals surface area (Å²) in [6, 6.07) is 10.7. The molecular weight excluding hydrogens is 385 g/mol. The summed E-state index contributed by atoms with van der Waals surface area (Å²) in [5.74, 6) is 0. The van der Waals surface area contributed by atoms with E-state index in [-0.39, 0.29) is 11.4 Å². The number of hydrogen-bond acceptors (Lipinski definition) is 4. The number of aromatic amines is 1. The number of nitrogens with one attached hydrogen (secondary N) is 1. The van der Waals surface area contributed by atoms with Crippen LogP contribution in [0.3, 0.4) is 0 Å². The molecule has 0 unspecified atom stereocenters. The van der Waals surface area contributed by atoms with E-state index < -0.39 is 17.4 Å². The third-order valence-corrected chi connectivity index (χ3v) is 4.62. The van der Waals surface area contributed by atoms with E-state index in [0.717, 1.165) is 17.1 Å².